The first-order chi connectivity index (χ1) is 18.4. The van der Waals surface area contributed by atoms with Crippen LogP contribution in [-0.2, 0) is 32.2 Å². The summed E-state index contributed by atoms with van der Waals surface area (Å²) in [5.74, 6) is 0. The van der Waals surface area contributed by atoms with Crippen LogP contribution in [0.4, 0.5) is 9.59 Å². The lowest BCUT2D eigenvalue weighted by Crippen LogP contribution is -2.49. The minimum absolute atomic E-state index is 0.196. The van der Waals surface area contributed by atoms with Crippen LogP contribution in [0.5, 0.6) is 0 Å². The van der Waals surface area contributed by atoms with Gasteiger partial charge in [-0.05, 0) is 24.0 Å². The molecule has 2 aromatic rings. The van der Waals surface area contributed by atoms with E-state index in [0.29, 0.717) is 32.5 Å². The number of hydrogen-bond acceptors (Lipinski definition) is 8. The van der Waals surface area contributed by atoms with Crippen LogP contribution >= 0.6 is 0 Å². The van der Waals surface area contributed by atoms with Crippen LogP contribution in [0.2, 0.25) is 0 Å². The van der Waals surface area contributed by atoms with E-state index in [4.69, 9.17) is 18.9 Å². The fourth-order valence-electron chi connectivity index (χ4n) is 4.27. The van der Waals surface area contributed by atoms with Crippen LogP contribution in [0.15, 0.2) is 60.7 Å². The van der Waals surface area contributed by atoms with Gasteiger partial charge in [0.2, 0.25) is 0 Å². The Morgan fingerprint density at radius 3 is 1.66 bits per heavy atom. The first-order valence-corrected chi connectivity index (χ1v) is 12.7. The summed E-state index contributed by atoms with van der Waals surface area (Å²) in [5, 5.41) is 19.5. The molecule has 4 rings (SSSR count). The summed E-state index contributed by atoms with van der Waals surface area (Å²) >= 11 is 0. The van der Waals surface area contributed by atoms with Crippen molar-refractivity contribution >= 4 is 12.2 Å². The van der Waals surface area contributed by atoms with E-state index >= 15 is 0 Å². The number of rotatable bonds is 6. The van der Waals surface area contributed by atoms with Crippen LogP contribution < -0.4 is 0 Å². The van der Waals surface area contributed by atoms with E-state index in [9.17, 15) is 19.8 Å². The van der Waals surface area contributed by atoms with Gasteiger partial charge in [-0.2, -0.15) is 0 Å². The van der Waals surface area contributed by atoms with Gasteiger partial charge in [0.05, 0.1) is 31.4 Å². The van der Waals surface area contributed by atoms with Gasteiger partial charge in [0.1, 0.15) is 19.3 Å². The van der Waals surface area contributed by atoms with E-state index in [1.807, 2.05) is 60.7 Å². The highest BCUT2D eigenvalue weighted by molar-refractivity contribution is 5.68. The molecule has 0 radical (unpaired) electrons. The topological polar surface area (TPSA) is 118 Å². The Hall–Kier alpha value is -3.18. The molecule has 4 atom stereocenters. The summed E-state index contributed by atoms with van der Waals surface area (Å²) in [6.07, 6.45) is -1.31. The molecule has 0 spiro atoms. The molecule has 2 aliphatic heterocycles. The van der Waals surface area contributed by atoms with E-state index < -0.39 is 18.3 Å². The largest absolute Gasteiger partial charge is 0.445 e. The molecule has 0 unspecified atom stereocenters. The zero-order chi connectivity index (χ0) is 27.3. The number of methoxy groups -OCH3 is 2. The standard InChI is InChI=1S/2C14H19NO4/c1-18-13-7-8-15(9-12(13)16)14(17)19-10-11-5-3-2-4-6-11;1-18-13-9-15(8-7-12(13)16)14(17)19-10-11-5-3-2-4-6-11/h2*2-6,12-13,16H,7-10H2,1H3/t2*12-,13-/m00/s1. The molecule has 0 aromatic heterocycles. The Labute approximate surface area is 223 Å². The summed E-state index contributed by atoms with van der Waals surface area (Å²) in [4.78, 5) is 26.9. The Kier molecular flexibility index (Phi) is 11.8. The summed E-state index contributed by atoms with van der Waals surface area (Å²) in [6.45, 7) is 2.17. The maximum atomic E-state index is 11.9. The van der Waals surface area contributed by atoms with Crippen molar-refractivity contribution in [1.82, 2.24) is 9.80 Å². The number of benzene rings is 2. The van der Waals surface area contributed by atoms with Crippen molar-refractivity contribution in [3.63, 3.8) is 0 Å². The molecule has 0 saturated carbocycles. The molecule has 38 heavy (non-hydrogen) atoms. The Balaban J connectivity index is 0.000000211. The van der Waals surface area contributed by atoms with Gasteiger partial charge in [-0.3, -0.25) is 0 Å². The molecule has 10 heteroatoms. The zero-order valence-electron chi connectivity index (χ0n) is 22.0. The van der Waals surface area contributed by atoms with Crippen molar-refractivity contribution in [3.8, 4) is 0 Å². The third kappa shape index (κ3) is 8.98. The molecule has 2 N–H and O–H groups in total. The minimum atomic E-state index is -0.650. The van der Waals surface area contributed by atoms with Crippen molar-refractivity contribution in [3.05, 3.63) is 71.8 Å². The molecule has 0 aliphatic carbocycles. The van der Waals surface area contributed by atoms with Crippen LogP contribution in [0.1, 0.15) is 24.0 Å². The molecular formula is C28H38N2O8. The summed E-state index contributed by atoms with van der Waals surface area (Å²) in [6, 6.07) is 19.1. The third-order valence-corrected chi connectivity index (χ3v) is 6.58. The molecular weight excluding hydrogens is 492 g/mol. The van der Waals surface area contributed by atoms with Gasteiger partial charge in [-0.15, -0.1) is 0 Å². The normalized spacial score (nSPS) is 23.2. The lowest BCUT2D eigenvalue weighted by atomic mass is 10.1. The average molecular weight is 531 g/mol. The van der Waals surface area contributed by atoms with Crippen molar-refractivity contribution in [2.24, 2.45) is 0 Å². The number of carbonyl (C=O) groups excluding carboxylic acids is 2. The molecule has 2 aliphatic rings. The molecule has 10 nitrogen and oxygen atoms in total. The number of amides is 2. The van der Waals surface area contributed by atoms with E-state index in [1.54, 1.807) is 12.0 Å². The van der Waals surface area contributed by atoms with E-state index in [1.165, 1.54) is 12.0 Å². The van der Waals surface area contributed by atoms with Gasteiger partial charge in [0.25, 0.3) is 0 Å². The number of piperidine rings is 2. The monoisotopic (exact) mass is 530 g/mol. The fourth-order valence-corrected chi connectivity index (χ4v) is 4.27. The van der Waals surface area contributed by atoms with Crippen molar-refractivity contribution < 1.29 is 38.7 Å². The molecule has 2 saturated heterocycles. The Morgan fingerprint density at radius 1 is 0.711 bits per heavy atom. The number of likely N-dealkylation sites (tertiary alicyclic amines) is 2. The highest BCUT2D eigenvalue weighted by Gasteiger charge is 2.31. The van der Waals surface area contributed by atoms with Gasteiger partial charge in [0, 0.05) is 27.3 Å². The number of nitrogens with zero attached hydrogens (tertiary/aromatic N) is 2. The zero-order valence-corrected chi connectivity index (χ0v) is 22.0. The smallest absolute Gasteiger partial charge is 0.410 e. The molecule has 2 heterocycles. The summed E-state index contributed by atoms with van der Waals surface area (Å²) in [5.41, 5.74) is 1.90. The van der Waals surface area contributed by atoms with Crippen LogP contribution in [0, 0.1) is 0 Å². The van der Waals surface area contributed by atoms with Gasteiger partial charge in [0.15, 0.2) is 0 Å². The second kappa shape index (κ2) is 15.3. The Morgan fingerprint density at radius 2 is 1.18 bits per heavy atom. The van der Waals surface area contributed by atoms with Gasteiger partial charge in [-0.25, -0.2) is 9.59 Å². The highest BCUT2D eigenvalue weighted by atomic mass is 16.6. The first kappa shape index (κ1) is 29.4. The Bertz CT molecular complexity index is 977. The molecule has 2 aromatic carbocycles. The molecule has 2 fully saturated rings. The van der Waals surface area contributed by atoms with E-state index in [-0.39, 0.29) is 38.1 Å². The van der Waals surface area contributed by atoms with Crippen molar-refractivity contribution in [2.45, 2.75) is 50.5 Å². The van der Waals surface area contributed by atoms with Crippen LogP contribution in [-0.4, -0.2) is 97.0 Å². The SMILES string of the molecule is CO[C@H]1CCN(C(=O)OCc2ccccc2)C[C@@H]1O.CO[C@H]1CN(C(=O)OCc2ccccc2)CC[C@@H]1O. The average Bonchev–Trinajstić information content (AvgIpc) is 2.96. The third-order valence-electron chi connectivity index (χ3n) is 6.58. The van der Waals surface area contributed by atoms with Gasteiger partial charge in [-0.1, -0.05) is 60.7 Å². The predicted octanol–water partition coefficient (Wildman–Crippen LogP) is 2.81. The number of aliphatic hydroxyl groups is 2. The quantitative estimate of drug-likeness (QED) is 0.586. The highest BCUT2D eigenvalue weighted by Crippen LogP contribution is 2.16. The number of β-amino-alcohol motifs (C(OH)–C–C–N with tert-alkyl or cyclic N) is 1. The lowest BCUT2D eigenvalue weighted by Gasteiger charge is -2.34. The fraction of sp³-hybridized carbons (Fsp3) is 0.500. The second-order valence-electron chi connectivity index (χ2n) is 9.23. The van der Waals surface area contributed by atoms with Crippen LogP contribution in [0.25, 0.3) is 0 Å². The summed E-state index contributed by atoms with van der Waals surface area (Å²) < 4.78 is 20.7. The number of hydrogen-bond donors (Lipinski definition) is 2. The maximum absolute atomic E-state index is 11.9. The predicted molar refractivity (Wildman–Crippen MR) is 139 cm³/mol. The number of ether oxygens (including phenoxy) is 4. The van der Waals surface area contributed by atoms with E-state index in [2.05, 4.69) is 0 Å². The lowest BCUT2D eigenvalue weighted by molar-refractivity contribution is -0.0583. The van der Waals surface area contributed by atoms with Crippen molar-refractivity contribution in [1.29, 1.82) is 0 Å². The molecule has 0 bridgehead atoms. The molecule has 208 valence electrons. The number of aliphatic hydroxyl groups excluding tert-OH is 2. The molecule has 2 amide bonds. The maximum Gasteiger partial charge on any atom is 0.410 e. The van der Waals surface area contributed by atoms with Gasteiger partial charge < -0.3 is 39.0 Å². The van der Waals surface area contributed by atoms with Crippen molar-refractivity contribution in [2.75, 3.05) is 40.4 Å². The van der Waals surface area contributed by atoms with Crippen LogP contribution in [0.3, 0.4) is 0 Å². The minimum Gasteiger partial charge on any atom is -0.445 e. The first-order valence-electron chi connectivity index (χ1n) is 12.7. The second-order valence-corrected chi connectivity index (χ2v) is 9.23. The summed E-state index contributed by atoms with van der Waals surface area (Å²) in [7, 11) is 3.10. The van der Waals surface area contributed by atoms with E-state index in [0.717, 1.165) is 11.1 Å². The number of carbonyl (C=O) groups is 2. The van der Waals surface area contributed by atoms with Gasteiger partial charge >= 0.3 is 12.2 Å².